The molecule has 142 valence electrons. The van der Waals surface area contributed by atoms with Gasteiger partial charge in [-0.05, 0) is 37.9 Å². The van der Waals surface area contributed by atoms with Crippen LogP contribution in [0.25, 0.3) is 0 Å². The number of halogens is 1. The number of aryl methyl sites for hydroxylation is 3. The van der Waals surface area contributed by atoms with Crippen LogP contribution >= 0.6 is 11.6 Å². The van der Waals surface area contributed by atoms with E-state index < -0.39 is 10.0 Å². The van der Waals surface area contributed by atoms with Gasteiger partial charge < -0.3 is 0 Å². The van der Waals surface area contributed by atoms with Gasteiger partial charge in [-0.2, -0.15) is 9.40 Å². The molecule has 0 N–H and O–H groups in total. The van der Waals surface area contributed by atoms with Crippen LogP contribution in [0.15, 0.2) is 29.2 Å². The van der Waals surface area contributed by atoms with Gasteiger partial charge in [0, 0.05) is 33.2 Å². The lowest BCUT2D eigenvalue weighted by Crippen LogP contribution is -2.35. The van der Waals surface area contributed by atoms with Crippen molar-refractivity contribution in [1.29, 1.82) is 0 Å². The third-order valence-corrected chi connectivity index (χ3v) is 7.50. The third-order valence-electron chi connectivity index (χ3n) is 4.90. The SMILES string of the molecule is Cc1ccccc1CN1CCCN(S(=O)(=O)c2c(C)nn(C)c2Cl)CC1. The van der Waals surface area contributed by atoms with E-state index >= 15 is 0 Å². The van der Waals surface area contributed by atoms with Crippen LogP contribution in [0.5, 0.6) is 0 Å². The second kappa shape index (κ2) is 7.68. The summed E-state index contributed by atoms with van der Waals surface area (Å²) in [6, 6.07) is 8.32. The van der Waals surface area contributed by atoms with Crippen LogP contribution in [-0.2, 0) is 23.6 Å². The zero-order valence-corrected chi connectivity index (χ0v) is 17.0. The normalized spacial score (nSPS) is 17.4. The van der Waals surface area contributed by atoms with Gasteiger partial charge in [0.1, 0.15) is 10.0 Å². The summed E-state index contributed by atoms with van der Waals surface area (Å²) in [5, 5.41) is 4.31. The Morgan fingerprint density at radius 2 is 1.85 bits per heavy atom. The molecular formula is C18H25ClN4O2S. The van der Waals surface area contributed by atoms with Gasteiger partial charge in [0.2, 0.25) is 10.0 Å². The molecule has 26 heavy (non-hydrogen) atoms. The van der Waals surface area contributed by atoms with Crippen molar-refractivity contribution >= 4 is 21.6 Å². The van der Waals surface area contributed by atoms with Crippen molar-refractivity contribution < 1.29 is 8.42 Å². The average molecular weight is 397 g/mol. The molecule has 1 aromatic carbocycles. The van der Waals surface area contributed by atoms with Gasteiger partial charge in [0.15, 0.2) is 0 Å². The van der Waals surface area contributed by atoms with Crippen LogP contribution in [0.1, 0.15) is 23.2 Å². The zero-order valence-electron chi connectivity index (χ0n) is 15.4. The molecule has 1 fully saturated rings. The minimum absolute atomic E-state index is 0.133. The molecule has 0 aliphatic carbocycles. The van der Waals surface area contributed by atoms with E-state index in [4.69, 9.17) is 11.6 Å². The molecular weight excluding hydrogens is 372 g/mol. The molecule has 6 nitrogen and oxygen atoms in total. The van der Waals surface area contributed by atoms with Crippen LogP contribution in [0.3, 0.4) is 0 Å². The fourth-order valence-corrected chi connectivity index (χ4v) is 5.58. The fraction of sp³-hybridized carbons (Fsp3) is 0.500. The van der Waals surface area contributed by atoms with Crippen LogP contribution in [0.4, 0.5) is 0 Å². The molecule has 3 rings (SSSR count). The van der Waals surface area contributed by atoms with E-state index in [2.05, 4.69) is 29.1 Å². The minimum atomic E-state index is -3.64. The molecule has 0 spiro atoms. The average Bonchev–Trinajstić information content (AvgIpc) is 2.76. The van der Waals surface area contributed by atoms with Gasteiger partial charge in [-0.3, -0.25) is 9.58 Å². The number of hydrogen-bond acceptors (Lipinski definition) is 4. The first kappa shape index (κ1) is 19.4. The monoisotopic (exact) mass is 396 g/mol. The zero-order chi connectivity index (χ0) is 18.9. The Balaban J connectivity index is 1.75. The molecule has 0 atom stereocenters. The lowest BCUT2D eigenvalue weighted by atomic mass is 10.1. The Kier molecular flexibility index (Phi) is 5.72. The van der Waals surface area contributed by atoms with Gasteiger partial charge in [-0.25, -0.2) is 8.42 Å². The number of hydrogen-bond donors (Lipinski definition) is 0. The number of rotatable bonds is 4. The van der Waals surface area contributed by atoms with Crippen LogP contribution in [0, 0.1) is 13.8 Å². The predicted molar refractivity (Wildman–Crippen MR) is 103 cm³/mol. The van der Waals surface area contributed by atoms with Crippen molar-refractivity contribution in [3.8, 4) is 0 Å². The van der Waals surface area contributed by atoms with Gasteiger partial charge in [0.25, 0.3) is 0 Å². The first-order chi connectivity index (χ1) is 12.3. The standard InChI is InChI=1S/C18H25ClN4O2S/c1-14-7-4-5-8-16(14)13-22-9-6-10-23(12-11-22)26(24,25)17-15(2)20-21(3)18(17)19/h4-5,7-8H,6,9-13H2,1-3H3. The molecule has 0 radical (unpaired) electrons. The fourth-order valence-electron chi connectivity index (χ4n) is 3.41. The third kappa shape index (κ3) is 3.81. The van der Waals surface area contributed by atoms with Crippen LogP contribution in [0.2, 0.25) is 5.15 Å². The number of benzene rings is 1. The Bertz CT molecular complexity index is 895. The van der Waals surface area contributed by atoms with E-state index in [0.29, 0.717) is 25.3 Å². The van der Waals surface area contributed by atoms with Gasteiger partial charge in [-0.1, -0.05) is 35.9 Å². The molecule has 1 saturated heterocycles. The largest absolute Gasteiger partial charge is 0.298 e. The Morgan fingerprint density at radius 3 is 2.50 bits per heavy atom. The summed E-state index contributed by atoms with van der Waals surface area (Å²) in [6.45, 7) is 7.16. The highest BCUT2D eigenvalue weighted by molar-refractivity contribution is 7.89. The van der Waals surface area contributed by atoms with Crippen molar-refractivity contribution in [3.63, 3.8) is 0 Å². The van der Waals surface area contributed by atoms with E-state index in [1.807, 2.05) is 12.1 Å². The minimum Gasteiger partial charge on any atom is -0.298 e. The molecule has 0 amide bonds. The summed E-state index contributed by atoms with van der Waals surface area (Å²) < 4.78 is 29.1. The Labute approximate surface area is 160 Å². The van der Waals surface area contributed by atoms with E-state index in [0.717, 1.165) is 19.5 Å². The van der Waals surface area contributed by atoms with Gasteiger partial charge in [0.05, 0.1) is 5.69 Å². The summed E-state index contributed by atoms with van der Waals surface area (Å²) in [6.07, 6.45) is 0.794. The van der Waals surface area contributed by atoms with E-state index in [9.17, 15) is 8.42 Å². The Morgan fingerprint density at radius 1 is 1.12 bits per heavy atom. The molecule has 0 bridgehead atoms. The molecule has 1 aliphatic rings. The highest BCUT2D eigenvalue weighted by atomic mass is 35.5. The summed E-state index contributed by atoms with van der Waals surface area (Å²) in [4.78, 5) is 2.45. The molecule has 0 saturated carbocycles. The van der Waals surface area contributed by atoms with Crippen molar-refractivity contribution in [2.75, 3.05) is 26.2 Å². The highest BCUT2D eigenvalue weighted by Crippen LogP contribution is 2.28. The first-order valence-corrected chi connectivity index (χ1v) is 10.6. The number of sulfonamides is 1. The lowest BCUT2D eigenvalue weighted by Gasteiger charge is -2.22. The molecule has 2 aromatic rings. The lowest BCUT2D eigenvalue weighted by molar-refractivity contribution is 0.278. The highest BCUT2D eigenvalue weighted by Gasteiger charge is 2.32. The molecule has 8 heteroatoms. The van der Waals surface area contributed by atoms with E-state index in [1.165, 1.54) is 15.8 Å². The Hall–Kier alpha value is -1.41. The summed E-state index contributed by atoms with van der Waals surface area (Å²) in [7, 11) is -1.99. The molecule has 2 heterocycles. The molecule has 0 unspecified atom stereocenters. The number of aromatic nitrogens is 2. The maximum atomic E-state index is 13.1. The van der Waals surface area contributed by atoms with E-state index in [-0.39, 0.29) is 10.0 Å². The van der Waals surface area contributed by atoms with Gasteiger partial charge in [-0.15, -0.1) is 0 Å². The topological polar surface area (TPSA) is 58.4 Å². The van der Waals surface area contributed by atoms with Crippen molar-refractivity contribution in [2.24, 2.45) is 7.05 Å². The number of nitrogens with zero attached hydrogens (tertiary/aromatic N) is 4. The molecule has 1 aromatic heterocycles. The second-order valence-corrected chi connectivity index (χ2v) is 9.02. The maximum absolute atomic E-state index is 13.1. The smallest absolute Gasteiger partial charge is 0.248 e. The van der Waals surface area contributed by atoms with Gasteiger partial charge >= 0.3 is 0 Å². The van der Waals surface area contributed by atoms with Crippen LogP contribution in [-0.4, -0.2) is 53.6 Å². The van der Waals surface area contributed by atoms with Crippen molar-refractivity contribution in [2.45, 2.75) is 31.7 Å². The predicted octanol–water partition coefficient (Wildman–Crippen LogP) is 2.59. The van der Waals surface area contributed by atoms with Crippen molar-refractivity contribution in [3.05, 3.63) is 46.2 Å². The first-order valence-electron chi connectivity index (χ1n) is 8.77. The van der Waals surface area contributed by atoms with Crippen molar-refractivity contribution in [1.82, 2.24) is 19.0 Å². The summed E-state index contributed by atoms with van der Waals surface area (Å²) in [5.74, 6) is 0. The summed E-state index contributed by atoms with van der Waals surface area (Å²) in [5.41, 5.74) is 2.99. The quantitative estimate of drug-likeness (QED) is 0.797. The maximum Gasteiger partial charge on any atom is 0.248 e. The summed E-state index contributed by atoms with van der Waals surface area (Å²) >= 11 is 6.20. The molecule has 1 aliphatic heterocycles. The van der Waals surface area contributed by atoms with Crippen LogP contribution < -0.4 is 0 Å². The second-order valence-electron chi connectivity index (χ2n) is 6.79. The van der Waals surface area contributed by atoms with E-state index in [1.54, 1.807) is 18.3 Å².